The number of halogens is 1. The molecule has 2 spiro atoms. The number of hydrogen-bond donors (Lipinski definition) is 0. The van der Waals surface area contributed by atoms with E-state index in [9.17, 15) is 0 Å². The lowest BCUT2D eigenvalue weighted by Crippen LogP contribution is -2.41. The van der Waals surface area contributed by atoms with Crippen LogP contribution in [0.15, 0.2) is 376 Å². The van der Waals surface area contributed by atoms with Crippen molar-refractivity contribution in [2.75, 3.05) is 0 Å². The Bertz CT molecular complexity index is 6770. The molecule has 18 aromatic rings. The largest absolute Gasteiger partial charge is 0.494 e. The molecule has 4 aromatic heterocycles. The second kappa shape index (κ2) is 28.7. The molecule has 23 rings (SSSR count). The maximum absolute atomic E-state index is 6.90. The minimum absolute atomic E-state index is 0.442. The Balaban J connectivity index is 0.000000122. The average Bonchev–Trinajstić information content (AvgIpc) is 1.50. The summed E-state index contributed by atoms with van der Waals surface area (Å²) in [5.74, 6) is 4.71. The standard InChI is InChI=1S/C50H31N3O.C40H32BNO3.C16H11ClN2/c1-3-13-32(14-4-1)44-31-45(53-49(52-44)34-15-5-2-6-16-34)36-25-27-47-43(30-36)50(40-22-9-7-19-38(40)39-20-8-10-23-41(39)50)42-29-35(24-26-46(42)54-47)37-21-11-17-33-18-12-28-51-48(33)37;1-38(2)39(3,4)45-41(44-38)27-19-21-36-34(24-27)40(31-16-7-5-13-29(31)30-14-6-8-17-32(30)40)33-23-26(18-20-35(33)43-36)28-15-9-11-25-12-10-22-42-37(25)28;17-15-11-14(12-7-3-1-4-8-12)18-16(19-15)13-9-5-2-6-10-13/h1-31H;5-24H,1-4H3;1-11H. The van der Waals surface area contributed by atoms with Crippen molar-refractivity contribution in [1.82, 2.24) is 29.9 Å². The third-order valence-electron chi connectivity index (χ3n) is 24.2. The monoisotopic (exact) mass is 1540 g/mol. The molecular formula is C106H74BClN6O4. The molecule has 12 heteroatoms. The van der Waals surface area contributed by atoms with Gasteiger partial charge in [-0.1, -0.05) is 303 Å². The van der Waals surface area contributed by atoms with Crippen LogP contribution in [0.5, 0.6) is 23.0 Å². The minimum Gasteiger partial charge on any atom is -0.457 e. The van der Waals surface area contributed by atoms with Crippen LogP contribution in [-0.4, -0.2) is 48.2 Å². The van der Waals surface area contributed by atoms with E-state index in [2.05, 4.69) is 286 Å². The van der Waals surface area contributed by atoms with Crippen molar-refractivity contribution in [3.63, 3.8) is 0 Å². The zero-order valence-corrected chi connectivity index (χ0v) is 65.8. The van der Waals surface area contributed by atoms with Crippen LogP contribution in [0.2, 0.25) is 5.15 Å². The van der Waals surface area contributed by atoms with Crippen molar-refractivity contribution in [3.8, 4) is 124 Å². The molecule has 7 heterocycles. The van der Waals surface area contributed by atoms with Crippen molar-refractivity contribution in [1.29, 1.82) is 0 Å². The highest BCUT2D eigenvalue weighted by Gasteiger charge is 2.56. The number of pyridine rings is 2. The number of benzene rings is 14. The normalized spacial score (nSPS) is 14.5. The number of hydrogen-bond acceptors (Lipinski definition) is 10. The van der Waals surface area contributed by atoms with E-state index in [1.54, 1.807) is 6.07 Å². The molecule has 0 N–H and O–H groups in total. The smallest absolute Gasteiger partial charge is 0.457 e. The molecule has 3 aliphatic heterocycles. The maximum atomic E-state index is 6.90. The first-order valence-electron chi connectivity index (χ1n) is 39.9. The fraction of sp³-hybridized carbons (Fsp3) is 0.0755. The minimum atomic E-state index is -0.655. The Morgan fingerprint density at radius 1 is 0.263 bits per heavy atom. The van der Waals surface area contributed by atoms with E-state index in [0.717, 1.165) is 140 Å². The Hall–Kier alpha value is -14.1. The van der Waals surface area contributed by atoms with E-state index in [1.807, 2.05) is 122 Å². The number of para-hydroxylation sites is 2. The number of rotatable bonds is 8. The summed E-state index contributed by atoms with van der Waals surface area (Å²) in [5, 5.41) is 2.68. The molecular weight excluding hydrogens is 1470 g/mol. The van der Waals surface area contributed by atoms with Crippen LogP contribution in [0.25, 0.3) is 123 Å². The fourth-order valence-electron chi connectivity index (χ4n) is 18.1. The van der Waals surface area contributed by atoms with Gasteiger partial charge in [-0.15, -0.1) is 0 Å². The van der Waals surface area contributed by atoms with E-state index >= 15 is 0 Å². The summed E-state index contributed by atoms with van der Waals surface area (Å²) in [6.45, 7) is 8.39. The van der Waals surface area contributed by atoms with Crippen molar-refractivity contribution in [3.05, 3.63) is 426 Å². The van der Waals surface area contributed by atoms with E-state index in [1.165, 1.54) is 44.5 Å². The summed E-state index contributed by atoms with van der Waals surface area (Å²) in [7, 11) is -0.487. The van der Waals surface area contributed by atoms with Crippen LogP contribution in [0.1, 0.15) is 72.2 Å². The number of nitrogens with zero attached hydrogens (tertiary/aromatic N) is 6. The zero-order valence-electron chi connectivity index (χ0n) is 65.1. The number of fused-ring (bicyclic) bond motifs is 20. The Kier molecular flexibility index (Phi) is 17.5. The molecule has 0 radical (unpaired) electrons. The lowest BCUT2D eigenvalue weighted by Gasteiger charge is -2.40. The molecule has 14 aromatic carbocycles. The first-order chi connectivity index (χ1) is 57.9. The quantitative estimate of drug-likeness (QED) is 0.108. The second-order valence-electron chi connectivity index (χ2n) is 31.5. The summed E-state index contributed by atoms with van der Waals surface area (Å²) < 4.78 is 26.8. The van der Waals surface area contributed by atoms with Crippen molar-refractivity contribution < 1.29 is 18.8 Å². The van der Waals surface area contributed by atoms with Crippen LogP contribution >= 0.6 is 11.6 Å². The van der Waals surface area contributed by atoms with Gasteiger partial charge in [-0.2, -0.15) is 0 Å². The zero-order chi connectivity index (χ0) is 79.3. The summed E-state index contributed by atoms with van der Waals surface area (Å²) in [6, 6.07) is 127. The summed E-state index contributed by atoms with van der Waals surface area (Å²) >= 11 is 6.10. The van der Waals surface area contributed by atoms with Gasteiger partial charge < -0.3 is 18.8 Å². The van der Waals surface area contributed by atoms with Gasteiger partial charge in [0.05, 0.1) is 50.1 Å². The lowest BCUT2D eigenvalue weighted by atomic mass is 9.64. The highest BCUT2D eigenvalue weighted by molar-refractivity contribution is 6.62. The lowest BCUT2D eigenvalue weighted by molar-refractivity contribution is 0.00578. The van der Waals surface area contributed by atoms with E-state index in [4.69, 9.17) is 50.3 Å². The van der Waals surface area contributed by atoms with Crippen LogP contribution in [0, 0.1) is 0 Å². The summed E-state index contributed by atoms with van der Waals surface area (Å²) in [6.07, 6.45) is 3.74. The van der Waals surface area contributed by atoms with Gasteiger partial charge in [0.15, 0.2) is 11.6 Å². The SMILES string of the molecule is CC1(C)OB(c2ccc3c(c2)C2(c4cc(-c5cccc6cccnc56)ccc4O3)c3ccccc3-c3ccccc32)OC1(C)C.Clc1cc(-c2ccccc2)nc(-c2ccccc2)n1.c1ccc(-c2cc(-c3ccc4c(c3)C3(c5cc(-c6cccc7cccnc67)ccc5O4)c4ccccc4-c4ccccc43)nc(-c3ccccc3)n2)cc1. The van der Waals surface area contributed by atoms with Gasteiger partial charge >= 0.3 is 7.12 Å². The topological polar surface area (TPSA) is 114 Å². The fourth-order valence-corrected chi connectivity index (χ4v) is 18.3. The third-order valence-corrected chi connectivity index (χ3v) is 24.4. The molecule has 0 saturated carbocycles. The molecule has 1 fully saturated rings. The first-order valence-corrected chi connectivity index (χ1v) is 40.3. The van der Waals surface area contributed by atoms with E-state index < -0.39 is 29.2 Å². The van der Waals surface area contributed by atoms with Gasteiger partial charge in [-0.05, 0) is 156 Å². The van der Waals surface area contributed by atoms with E-state index in [-0.39, 0.29) is 0 Å². The molecule has 0 bridgehead atoms. The van der Waals surface area contributed by atoms with Crippen molar-refractivity contribution >= 4 is 46.0 Å². The maximum Gasteiger partial charge on any atom is 0.494 e. The van der Waals surface area contributed by atoms with Crippen molar-refractivity contribution in [2.24, 2.45) is 0 Å². The van der Waals surface area contributed by atoms with E-state index in [0.29, 0.717) is 16.8 Å². The molecule has 2 aliphatic carbocycles. The molecule has 5 aliphatic rings. The van der Waals surface area contributed by atoms with Crippen LogP contribution < -0.4 is 14.9 Å². The van der Waals surface area contributed by atoms with Gasteiger partial charge in [0, 0.05) is 90.4 Å². The van der Waals surface area contributed by atoms with Crippen LogP contribution in [0.3, 0.4) is 0 Å². The molecule has 562 valence electrons. The Morgan fingerprint density at radius 3 is 1.03 bits per heavy atom. The highest BCUT2D eigenvalue weighted by atomic mass is 35.5. The van der Waals surface area contributed by atoms with Gasteiger partial charge in [-0.3, -0.25) is 9.97 Å². The molecule has 118 heavy (non-hydrogen) atoms. The first kappa shape index (κ1) is 71.7. The van der Waals surface area contributed by atoms with Gasteiger partial charge in [0.25, 0.3) is 0 Å². The summed E-state index contributed by atoms with van der Waals surface area (Å²) in [5.41, 5.74) is 27.0. The third kappa shape index (κ3) is 11.9. The average molecular weight is 1540 g/mol. The van der Waals surface area contributed by atoms with Gasteiger partial charge in [0.1, 0.15) is 28.2 Å². The van der Waals surface area contributed by atoms with Gasteiger partial charge in [-0.25, -0.2) is 19.9 Å². The number of aromatic nitrogens is 6. The molecule has 0 unspecified atom stereocenters. The van der Waals surface area contributed by atoms with Crippen LogP contribution in [0.4, 0.5) is 0 Å². The highest BCUT2D eigenvalue weighted by Crippen LogP contribution is 2.65. The van der Waals surface area contributed by atoms with Crippen molar-refractivity contribution in [2.45, 2.75) is 49.7 Å². The predicted octanol–water partition coefficient (Wildman–Crippen LogP) is 25.3. The molecule has 0 amide bonds. The Labute approximate surface area is 690 Å². The van der Waals surface area contributed by atoms with Gasteiger partial charge in [0.2, 0.25) is 0 Å². The second-order valence-corrected chi connectivity index (χ2v) is 31.8. The molecule has 1 saturated heterocycles. The van der Waals surface area contributed by atoms with Crippen LogP contribution in [-0.2, 0) is 20.1 Å². The Morgan fingerprint density at radius 2 is 0.593 bits per heavy atom. The molecule has 0 atom stereocenters. The number of ether oxygens (including phenoxy) is 2. The molecule has 10 nitrogen and oxygen atoms in total. The summed E-state index contributed by atoms with van der Waals surface area (Å²) in [4.78, 5) is 28.8. The predicted molar refractivity (Wildman–Crippen MR) is 475 cm³/mol.